The molecule has 2 aliphatic heterocycles. The van der Waals surface area contributed by atoms with Crippen LogP contribution < -0.4 is 14.8 Å². The van der Waals surface area contributed by atoms with E-state index in [1.54, 1.807) is 14.2 Å². The van der Waals surface area contributed by atoms with E-state index in [2.05, 4.69) is 15.4 Å². The molecule has 0 bridgehead atoms. The highest BCUT2D eigenvalue weighted by Gasteiger charge is 2.44. The summed E-state index contributed by atoms with van der Waals surface area (Å²) in [7, 11) is 3.25. The van der Waals surface area contributed by atoms with Gasteiger partial charge in [-0.05, 0) is 29.8 Å². The molecule has 0 unspecified atom stereocenters. The van der Waals surface area contributed by atoms with Gasteiger partial charge in [0.15, 0.2) is 17.2 Å². The number of benzene rings is 2. The van der Waals surface area contributed by atoms with Crippen LogP contribution in [0.15, 0.2) is 53.7 Å². The first-order chi connectivity index (χ1) is 13.7. The van der Waals surface area contributed by atoms with Gasteiger partial charge in [0.05, 0.1) is 20.1 Å². The molecule has 2 aliphatic rings. The van der Waals surface area contributed by atoms with Gasteiger partial charge < -0.3 is 19.6 Å². The molecule has 146 valence electrons. The zero-order chi connectivity index (χ0) is 19.5. The summed E-state index contributed by atoms with van der Waals surface area (Å²) in [5.74, 6) is 1.19. The van der Waals surface area contributed by atoms with Crippen molar-refractivity contribution in [3.05, 3.63) is 54.1 Å². The van der Waals surface area contributed by atoms with Crippen LogP contribution in [0.4, 0.5) is 5.69 Å². The Kier molecular flexibility index (Phi) is 5.16. The standard InChI is InChI=1S/C21H23N3O4/c1-26-17-9-8-14(10-18(17)27-2)11-24-12-16-19(13-24)28-23-20(16)21(25)22-15-6-4-3-5-7-15/h3-10,16,19H,11-13H2,1-2H3,(H,22,25)/t16-,19+/m0/s1. The predicted octanol–water partition coefficient (Wildman–Crippen LogP) is 2.53. The normalized spacial score (nSPS) is 20.9. The van der Waals surface area contributed by atoms with Crippen LogP contribution in [0.25, 0.3) is 0 Å². The van der Waals surface area contributed by atoms with Crippen molar-refractivity contribution in [3.63, 3.8) is 0 Å². The summed E-state index contributed by atoms with van der Waals surface area (Å²) >= 11 is 0. The van der Waals surface area contributed by atoms with Crippen LogP contribution in [0.1, 0.15) is 5.56 Å². The molecule has 2 heterocycles. The van der Waals surface area contributed by atoms with Crippen molar-refractivity contribution >= 4 is 17.3 Å². The van der Waals surface area contributed by atoms with Gasteiger partial charge in [0.2, 0.25) is 0 Å². The fourth-order valence-electron chi connectivity index (χ4n) is 3.71. The van der Waals surface area contributed by atoms with Gasteiger partial charge >= 0.3 is 0 Å². The number of anilines is 1. The number of fused-ring (bicyclic) bond motifs is 1. The number of ether oxygens (including phenoxy) is 2. The van der Waals surface area contributed by atoms with E-state index in [0.29, 0.717) is 17.2 Å². The molecular formula is C21H23N3O4. The second-order valence-corrected chi connectivity index (χ2v) is 6.93. The quantitative estimate of drug-likeness (QED) is 0.833. The summed E-state index contributed by atoms with van der Waals surface area (Å²) < 4.78 is 10.7. The molecule has 0 aliphatic carbocycles. The summed E-state index contributed by atoms with van der Waals surface area (Å²) in [5, 5.41) is 6.94. The van der Waals surface area contributed by atoms with Crippen LogP contribution in [-0.4, -0.2) is 49.9 Å². The number of hydrogen-bond donors (Lipinski definition) is 1. The smallest absolute Gasteiger partial charge is 0.273 e. The van der Waals surface area contributed by atoms with E-state index in [-0.39, 0.29) is 17.9 Å². The number of carbonyl (C=O) groups excluding carboxylic acids is 1. The number of likely N-dealkylation sites (tertiary alicyclic amines) is 1. The van der Waals surface area contributed by atoms with E-state index in [1.165, 1.54) is 0 Å². The lowest BCUT2D eigenvalue weighted by Crippen LogP contribution is -2.32. The minimum Gasteiger partial charge on any atom is -0.493 e. The van der Waals surface area contributed by atoms with Crippen molar-refractivity contribution in [2.24, 2.45) is 11.1 Å². The molecule has 1 amide bonds. The van der Waals surface area contributed by atoms with E-state index in [4.69, 9.17) is 14.3 Å². The van der Waals surface area contributed by atoms with Gasteiger partial charge in [-0.3, -0.25) is 9.69 Å². The van der Waals surface area contributed by atoms with Crippen molar-refractivity contribution in [2.75, 3.05) is 32.6 Å². The molecule has 2 atom stereocenters. The number of hydrogen-bond acceptors (Lipinski definition) is 6. The number of carbonyl (C=O) groups is 1. The summed E-state index contributed by atoms with van der Waals surface area (Å²) in [6.45, 7) is 2.19. The predicted molar refractivity (Wildman–Crippen MR) is 106 cm³/mol. The monoisotopic (exact) mass is 381 g/mol. The number of rotatable bonds is 6. The van der Waals surface area contributed by atoms with Crippen LogP contribution in [0.3, 0.4) is 0 Å². The fraction of sp³-hybridized carbons (Fsp3) is 0.333. The number of para-hydroxylation sites is 1. The van der Waals surface area contributed by atoms with Gasteiger partial charge in [0, 0.05) is 25.3 Å². The van der Waals surface area contributed by atoms with E-state index >= 15 is 0 Å². The first-order valence-corrected chi connectivity index (χ1v) is 9.21. The van der Waals surface area contributed by atoms with Crippen LogP contribution in [0.5, 0.6) is 11.5 Å². The molecule has 28 heavy (non-hydrogen) atoms. The average molecular weight is 381 g/mol. The van der Waals surface area contributed by atoms with Crippen LogP contribution in [-0.2, 0) is 16.2 Å². The van der Waals surface area contributed by atoms with Crippen LogP contribution in [0, 0.1) is 5.92 Å². The summed E-state index contributed by atoms with van der Waals surface area (Å²) in [6, 6.07) is 15.3. The zero-order valence-electron chi connectivity index (χ0n) is 15.9. The molecule has 1 fully saturated rings. The van der Waals surface area contributed by atoms with Crippen LogP contribution >= 0.6 is 0 Å². The second-order valence-electron chi connectivity index (χ2n) is 6.93. The second kappa shape index (κ2) is 7.90. The molecule has 2 aromatic rings. The van der Waals surface area contributed by atoms with Gasteiger partial charge in [-0.1, -0.05) is 29.4 Å². The third-order valence-electron chi connectivity index (χ3n) is 5.10. The average Bonchev–Trinajstić information content (AvgIpc) is 3.28. The van der Waals surface area contributed by atoms with E-state index < -0.39 is 0 Å². The van der Waals surface area contributed by atoms with Crippen molar-refractivity contribution < 1.29 is 19.1 Å². The van der Waals surface area contributed by atoms with Crippen molar-refractivity contribution in [1.29, 1.82) is 0 Å². The molecular weight excluding hydrogens is 358 g/mol. The lowest BCUT2D eigenvalue weighted by molar-refractivity contribution is -0.110. The SMILES string of the molecule is COc1ccc(CN2C[C@@H]3C(C(=O)Nc4ccccc4)=NO[C@@H]3C2)cc1OC. The topological polar surface area (TPSA) is 72.4 Å². The van der Waals surface area contributed by atoms with Gasteiger partial charge in [0.1, 0.15) is 6.10 Å². The Morgan fingerprint density at radius 2 is 1.93 bits per heavy atom. The van der Waals surface area contributed by atoms with E-state index in [0.717, 1.165) is 30.9 Å². The third kappa shape index (κ3) is 3.66. The highest BCUT2D eigenvalue weighted by Crippen LogP contribution is 2.31. The Hall–Kier alpha value is -3.06. The third-order valence-corrected chi connectivity index (χ3v) is 5.10. The fourth-order valence-corrected chi connectivity index (χ4v) is 3.71. The number of nitrogens with one attached hydrogen (secondary N) is 1. The molecule has 7 heteroatoms. The first-order valence-electron chi connectivity index (χ1n) is 9.21. The van der Waals surface area contributed by atoms with Gasteiger partial charge in [-0.15, -0.1) is 0 Å². The number of oxime groups is 1. The number of methoxy groups -OCH3 is 2. The first kappa shape index (κ1) is 18.3. The molecule has 2 aromatic carbocycles. The molecule has 0 aromatic heterocycles. The lowest BCUT2D eigenvalue weighted by atomic mass is 10.0. The van der Waals surface area contributed by atoms with Crippen molar-refractivity contribution in [1.82, 2.24) is 4.90 Å². The molecule has 1 saturated heterocycles. The maximum absolute atomic E-state index is 12.6. The minimum absolute atomic E-state index is 0.0242. The molecule has 4 rings (SSSR count). The molecule has 0 saturated carbocycles. The number of nitrogens with zero attached hydrogens (tertiary/aromatic N) is 2. The number of amides is 1. The zero-order valence-corrected chi connectivity index (χ0v) is 15.9. The lowest BCUT2D eigenvalue weighted by Gasteiger charge is -2.17. The Morgan fingerprint density at radius 3 is 2.68 bits per heavy atom. The molecule has 0 radical (unpaired) electrons. The Morgan fingerprint density at radius 1 is 1.14 bits per heavy atom. The summed E-state index contributed by atoms with van der Waals surface area (Å²) in [5.41, 5.74) is 2.33. The maximum atomic E-state index is 12.6. The highest BCUT2D eigenvalue weighted by molar-refractivity contribution is 6.44. The summed E-state index contributed by atoms with van der Waals surface area (Å²) in [6.07, 6.45) is -0.0864. The molecule has 1 N–H and O–H groups in total. The van der Waals surface area contributed by atoms with E-state index in [9.17, 15) is 4.79 Å². The van der Waals surface area contributed by atoms with E-state index in [1.807, 2.05) is 48.5 Å². The minimum atomic E-state index is -0.202. The van der Waals surface area contributed by atoms with Crippen molar-refractivity contribution in [3.8, 4) is 11.5 Å². The maximum Gasteiger partial charge on any atom is 0.273 e. The molecule has 0 spiro atoms. The Labute approximate surface area is 163 Å². The van der Waals surface area contributed by atoms with Gasteiger partial charge in [-0.2, -0.15) is 0 Å². The summed E-state index contributed by atoms with van der Waals surface area (Å²) in [4.78, 5) is 20.4. The van der Waals surface area contributed by atoms with Crippen LogP contribution in [0.2, 0.25) is 0 Å². The Bertz CT molecular complexity index is 884. The largest absolute Gasteiger partial charge is 0.493 e. The van der Waals surface area contributed by atoms with Gasteiger partial charge in [-0.25, -0.2) is 0 Å². The Balaban J connectivity index is 1.40. The van der Waals surface area contributed by atoms with Gasteiger partial charge in [0.25, 0.3) is 5.91 Å². The van der Waals surface area contributed by atoms with Crippen molar-refractivity contribution in [2.45, 2.75) is 12.6 Å². The highest BCUT2D eigenvalue weighted by atomic mass is 16.6. The molecule has 7 nitrogen and oxygen atoms in total.